The highest BCUT2D eigenvalue weighted by atomic mass is 32.1. The Morgan fingerprint density at radius 3 is 2.28 bits per heavy atom. The van der Waals surface area contributed by atoms with Crippen LogP contribution in [0.15, 0.2) is 121 Å². The first-order valence-corrected chi connectivity index (χ1v) is 15.9. The Bertz CT molecular complexity index is 2440. The van der Waals surface area contributed by atoms with Gasteiger partial charge in [0.1, 0.15) is 5.82 Å². The second-order valence-electron chi connectivity index (χ2n) is 12.2. The Morgan fingerprint density at radius 2 is 1.37 bits per heavy atom. The molecule has 7 aromatic rings. The molecule has 0 radical (unpaired) electrons. The molecule has 0 saturated heterocycles. The lowest BCUT2D eigenvalue weighted by molar-refractivity contribution is 0.747. The van der Waals surface area contributed by atoms with E-state index in [-0.39, 0.29) is 24.0 Å². The van der Waals surface area contributed by atoms with Crippen LogP contribution in [0, 0.1) is 0 Å². The number of benzene rings is 4. The van der Waals surface area contributed by atoms with E-state index in [2.05, 4.69) is 141 Å². The monoisotopic (exact) mass is 570 g/mol. The van der Waals surface area contributed by atoms with E-state index in [4.69, 9.17) is 0 Å². The van der Waals surface area contributed by atoms with Gasteiger partial charge in [0.25, 0.3) is 0 Å². The zero-order valence-corrected chi connectivity index (χ0v) is 24.0. The van der Waals surface area contributed by atoms with Crippen molar-refractivity contribution < 1.29 is 0 Å². The van der Waals surface area contributed by atoms with Crippen molar-refractivity contribution >= 4 is 81.6 Å². The Labute approximate surface area is 251 Å². The fraction of sp³-hybridized carbons (Fsp3) is 0.105. The zero-order chi connectivity index (χ0) is 27.8. The summed E-state index contributed by atoms with van der Waals surface area (Å²) in [5, 5.41) is 14.7. The van der Waals surface area contributed by atoms with Gasteiger partial charge < -0.3 is 15.5 Å². The van der Waals surface area contributed by atoms with Gasteiger partial charge >= 0.3 is 0 Å². The summed E-state index contributed by atoms with van der Waals surface area (Å²) in [6.45, 7) is 0. The molecule has 0 bridgehead atoms. The highest BCUT2D eigenvalue weighted by Gasteiger charge is 2.43. The Kier molecular flexibility index (Phi) is 4.14. The zero-order valence-electron chi connectivity index (χ0n) is 23.2. The van der Waals surface area contributed by atoms with Gasteiger partial charge in [0.2, 0.25) is 0 Å². The van der Waals surface area contributed by atoms with Crippen LogP contribution < -0.4 is 15.5 Å². The predicted molar refractivity (Wildman–Crippen MR) is 183 cm³/mol. The lowest BCUT2D eigenvalue weighted by Crippen LogP contribution is -2.41. The second kappa shape index (κ2) is 7.88. The summed E-state index contributed by atoms with van der Waals surface area (Å²) in [7, 11) is 0. The van der Waals surface area contributed by atoms with Crippen LogP contribution in [0.1, 0.15) is 11.5 Å². The molecule has 4 nitrogen and oxygen atoms in total. The van der Waals surface area contributed by atoms with Crippen LogP contribution in [0.2, 0.25) is 0 Å². The molecule has 3 aromatic heterocycles. The number of hydrogen-bond acceptors (Lipinski definition) is 4. The first-order chi connectivity index (χ1) is 21.4. The lowest BCUT2D eigenvalue weighted by atomic mass is 9.88. The van der Waals surface area contributed by atoms with Crippen LogP contribution in [0.4, 0.5) is 22.9 Å². The van der Waals surface area contributed by atoms with Crippen LogP contribution in [-0.4, -0.2) is 22.5 Å². The van der Waals surface area contributed by atoms with Crippen LogP contribution >= 0.6 is 11.3 Å². The van der Waals surface area contributed by atoms with Crippen molar-refractivity contribution in [3.05, 3.63) is 127 Å². The largest absolute Gasteiger partial charge is 0.373 e. The maximum atomic E-state index is 3.98. The molecule has 4 aliphatic rings. The second-order valence-corrected chi connectivity index (χ2v) is 13.2. The van der Waals surface area contributed by atoms with Crippen LogP contribution in [0.3, 0.4) is 0 Å². The van der Waals surface area contributed by atoms with Crippen molar-refractivity contribution in [3.63, 3.8) is 0 Å². The Hall–Kier alpha value is -5.00. The lowest BCUT2D eigenvalue weighted by Gasteiger charge is -2.33. The van der Waals surface area contributed by atoms with Crippen LogP contribution in [0.5, 0.6) is 0 Å². The van der Waals surface area contributed by atoms with E-state index in [0.717, 1.165) is 0 Å². The van der Waals surface area contributed by atoms with E-state index in [0.29, 0.717) is 0 Å². The van der Waals surface area contributed by atoms with E-state index >= 15 is 0 Å². The summed E-state index contributed by atoms with van der Waals surface area (Å²) < 4.78 is 5.32. The molecular weight excluding hydrogens is 545 g/mol. The fourth-order valence-electron chi connectivity index (χ4n) is 8.40. The maximum absolute atomic E-state index is 3.98. The van der Waals surface area contributed by atoms with Gasteiger partial charge in [0.05, 0.1) is 40.5 Å². The van der Waals surface area contributed by atoms with Gasteiger partial charge in [-0.1, -0.05) is 103 Å². The number of nitrogens with zero attached hydrogens (tertiary/aromatic N) is 2. The maximum Gasteiger partial charge on any atom is 0.136 e. The summed E-state index contributed by atoms with van der Waals surface area (Å²) in [4.78, 5) is 2.62. The predicted octanol–water partition coefficient (Wildman–Crippen LogP) is 9.48. The normalized spacial score (nSPS) is 23.3. The van der Waals surface area contributed by atoms with E-state index in [9.17, 15) is 0 Å². The van der Waals surface area contributed by atoms with Gasteiger partial charge in [0.15, 0.2) is 0 Å². The molecule has 0 saturated carbocycles. The number of para-hydroxylation sites is 2. The van der Waals surface area contributed by atoms with Crippen molar-refractivity contribution in [3.8, 4) is 0 Å². The number of anilines is 4. The summed E-state index contributed by atoms with van der Waals surface area (Å²) in [5.41, 5.74) is 7.83. The highest BCUT2D eigenvalue weighted by Crippen LogP contribution is 2.59. The molecule has 11 rings (SSSR count). The molecule has 4 atom stereocenters. The molecule has 0 amide bonds. The average Bonchev–Trinajstić information content (AvgIpc) is 3.79. The molecule has 2 aliphatic carbocycles. The van der Waals surface area contributed by atoms with Crippen LogP contribution in [0.25, 0.3) is 47.4 Å². The summed E-state index contributed by atoms with van der Waals surface area (Å²) >= 11 is 1.95. The molecular formula is C38H26N4S. The number of aromatic nitrogens is 1. The quantitative estimate of drug-likeness (QED) is 0.206. The van der Waals surface area contributed by atoms with Gasteiger partial charge in [-0.25, -0.2) is 0 Å². The third-order valence-corrected chi connectivity index (χ3v) is 11.2. The first-order valence-electron chi connectivity index (χ1n) is 15.1. The summed E-state index contributed by atoms with van der Waals surface area (Å²) in [6, 6.07) is 27.5. The van der Waals surface area contributed by atoms with E-state index < -0.39 is 0 Å². The van der Waals surface area contributed by atoms with Crippen molar-refractivity contribution in [1.82, 2.24) is 4.40 Å². The highest BCUT2D eigenvalue weighted by molar-refractivity contribution is 7.27. The molecule has 2 aliphatic heterocycles. The molecule has 4 aromatic carbocycles. The minimum absolute atomic E-state index is 0.199. The van der Waals surface area contributed by atoms with Crippen molar-refractivity contribution in [2.75, 3.05) is 15.5 Å². The standard InChI is InChI=1S/C38H26N4S/c1-2-11-21(12-3-1)41-28-19-8-4-13-22(28)30-31-23-14-5-9-20-29(23)43-37(31)32-24-15-10-16-25-33-38(42(34(24)25)36(32)35(30)41)40-27-18-7-6-17-26(27)39-33/h1-20,22,26-28,39-40H. The molecule has 5 heteroatoms. The Balaban J connectivity index is 1.39. The summed E-state index contributed by atoms with van der Waals surface area (Å²) in [6.07, 6.45) is 18.2. The van der Waals surface area contributed by atoms with Gasteiger partial charge in [-0.15, -0.1) is 11.3 Å². The summed E-state index contributed by atoms with van der Waals surface area (Å²) in [5.74, 6) is 1.43. The molecule has 204 valence electrons. The average molecular weight is 571 g/mol. The van der Waals surface area contributed by atoms with E-state index in [1.165, 1.54) is 75.8 Å². The molecule has 0 fully saturated rings. The van der Waals surface area contributed by atoms with Gasteiger partial charge in [-0.2, -0.15) is 0 Å². The minimum Gasteiger partial charge on any atom is -0.373 e. The third-order valence-electron chi connectivity index (χ3n) is 10.1. The van der Waals surface area contributed by atoms with Gasteiger partial charge in [-0.05, 0) is 23.8 Å². The topological polar surface area (TPSA) is 31.7 Å². The smallest absolute Gasteiger partial charge is 0.136 e. The van der Waals surface area contributed by atoms with Crippen molar-refractivity contribution in [1.29, 1.82) is 0 Å². The third kappa shape index (κ3) is 2.68. The molecule has 5 heterocycles. The molecule has 43 heavy (non-hydrogen) atoms. The molecule has 2 N–H and O–H groups in total. The fourth-order valence-corrected chi connectivity index (χ4v) is 9.67. The molecule has 0 spiro atoms. The number of allylic oxidation sites excluding steroid dienone is 4. The van der Waals surface area contributed by atoms with Gasteiger partial charge in [0, 0.05) is 47.9 Å². The van der Waals surface area contributed by atoms with Crippen molar-refractivity contribution in [2.24, 2.45) is 0 Å². The number of hydrogen-bond donors (Lipinski definition) is 2. The van der Waals surface area contributed by atoms with E-state index in [1.54, 1.807) is 0 Å². The number of rotatable bonds is 1. The number of fused-ring (bicyclic) bond motifs is 16. The first kappa shape index (κ1) is 22.6. The number of nitrogens with one attached hydrogen (secondary N) is 2. The SMILES string of the molecule is C1=CC2Nc3c(n4c5c6c(c7c8ccccc8sc7c5c5cccc3c54)C3C=CC=CC3N6c3ccccc3)NC2C=C1. The van der Waals surface area contributed by atoms with E-state index in [1.807, 2.05) is 11.3 Å². The molecule has 4 unspecified atom stereocenters. The van der Waals surface area contributed by atoms with Gasteiger partial charge in [-0.3, -0.25) is 4.40 Å². The van der Waals surface area contributed by atoms with Crippen LogP contribution in [-0.2, 0) is 0 Å². The Morgan fingerprint density at radius 1 is 0.628 bits per heavy atom. The van der Waals surface area contributed by atoms with Crippen molar-refractivity contribution in [2.45, 2.75) is 24.0 Å². The minimum atomic E-state index is 0.199. The number of thiophene rings is 1.